The highest BCUT2D eigenvalue weighted by atomic mass is 28.3. The molecule has 0 atom stereocenters. The standard InChI is InChI=1S/C8H22N2Si/c1-11(2,3)10-8-6-4-5-7-9/h10H,4-9H2,1-3H3. The molecule has 0 aromatic carbocycles. The van der Waals surface area contributed by atoms with Crippen LogP contribution in [-0.4, -0.2) is 21.3 Å². The molecule has 0 aromatic rings. The Morgan fingerprint density at radius 1 is 1.09 bits per heavy atom. The summed E-state index contributed by atoms with van der Waals surface area (Å²) in [5.74, 6) is 0. The van der Waals surface area contributed by atoms with Crippen molar-refractivity contribution >= 4 is 8.24 Å². The van der Waals surface area contributed by atoms with Crippen LogP contribution in [0.5, 0.6) is 0 Å². The average molecular weight is 174 g/mol. The highest BCUT2D eigenvalue weighted by Crippen LogP contribution is 1.96. The molecule has 0 spiro atoms. The van der Waals surface area contributed by atoms with E-state index in [1.807, 2.05) is 0 Å². The van der Waals surface area contributed by atoms with Crippen molar-refractivity contribution in [3.05, 3.63) is 0 Å². The third kappa shape index (κ3) is 10.1. The van der Waals surface area contributed by atoms with E-state index in [1.165, 1.54) is 25.8 Å². The first-order chi connectivity index (χ1) is 5.06. The molecule has 0 aliphatic heterocycles. The van der Waals surface area contributed by atoms with E-state index < -0.39 is 8.24 Å². The van der Waals surface area contributed by atoms with Crippen LogP contribution in [0.15, 0.2) is 0 Å². The molecule has 0 heterocycles. The van der Waals surface area contributed by atoms with Gasteiger partial charge in [-0.2, -0.15) is 0 Å². The summed E-state index contributed by atoms with van der Waals surface area (Å²) in [4.78, 5) is 3.58. The highest BCUT2D eigenvalue weighted by molar-refractivity contribution is 6.73. The van der Waals surface area contributed by atoms with Gasteiger partial charge < -0.3 is 10.7 Å². The van der Waals surface area contributed by atoms with Crippen molar-refractivity contribution in [1.82, 2.24) is 4.98 Å². The van der Waals surface area contributed by atoms with Crippen LogP contribution in [-0.2, 0) is 0 Å². The van der Waals surface area contributed by atoms with Gasteiger partial charge in [0.05, 0.1) is 0 Å². The Kier molecular flexibility index (Phi) is 5.82. The number of unbranched alkanes of at least 4 members (excludes halogenated alkanes) is 2. The Balaban J connectivity index is 3.02. The summed E-state index contributed by atoms with van der Waals surface area (Å²) >= 11 is 0. The number of hydrogen-bond donors (Lipinski definition) is 2. The predicted molar refractivity (Wildman–Crippen MR) is 54.3 cm³/mol. The van der Waals surface area contributed by atoms with Crippen molar-refractivity contribution in [3.8, 4) is 0 Å². The fourth-order valence-corrected chi connectivity index (χ4v) is 1.84. The zero-order chi connectivity index (χ0) is 8.74. The number of nitrogens with one attached hydrogen (secondary N) is 1. The molecule has 3 N–H and O–H groups in total. The minimum Gasteiger partial charge on any atom is -0.337 e. The summed E-state index contributed by atoms with van der Waals surface area (Å²) in [5.41, 5.74) is 5.38. The third-order valence-corrected chi connectivity index (χ3v) is 2.85. The molecule has 3 heteroatoms. The van der Waals surface area contributed by atoms with Crippen LogP contribution in [0.1, 0.15) is 19.3 Å². The maximum atomic E-state index is 5.38. The van der Waals surface area contributed by atoms with Gasteiger partial charge in [-0.3, -0.25) is 0 Å². The summed E-state index contributed by atoms with van der Waals surface area (Å²) < 4.78 is 0. The van der Waals surface area contributed by atoms with Crippen LogP contribution >= 0.6 is 0 Å². The van der Waals surface area contributed by atoms with Crippen molar-refractivity contribution < 1.29 is 0 Å². The van der Waals surface area contributed by atoms with E-state index in [4.69, 9.17) is 5.73 Å². The van der Waals surface area contributed by atoms with Crippen LogP contribution < -0.4 is 10.7 Å². The highest BCUT2D eigenvalue weighted by Gasteiger charge is 2.10. The normalized spacial score (nSPS) is 12.0. The monoisotopic (exact) mass is 174 g/mol. The molecular weight excluding hydrogens is 152 g/mol. The number of hydrogen-bond acceptors (Lipinski definition) is 2. The Labute approximate surface area is 71.6 Å². The Hall–Kier alpha value is 0.137. The van der Waals surface area contributed by atoms with Gasteiger partial charge in [0, 0.05) is 0 Å². The minimum atomic E-state index is -0.999. The van der Waals surface area contributed by atoms with Gasteiger partial charge in [-0.15, -0.1) is 0 Å². The fraction of sp³-hybridized carbons (Fsp3) is 1.00. The summed E-state index contributed by atoms with van der Waals surface area (Å²) in [5, 5.41) is 0. The number of nitrogens with two attached hydrogens (primary N) is 1. The predicted octanol–water partition coefficient (Wildman–Crippen LogP) is 1.54. The molecule has 0 aromatic heterocycles. The second kappa shape index (κ2) is 5.74. The molecule has 2 nitrogen and oxygen atoms in total. The van der Waals surface area contributed by atoms with E-state index in [0.29, 0.717) is 0 Å². The van der Waals surface area contributed by atoms with E-state index in [0.717, 1.165) is 6.54 Å². The van der Waals surface area contributed by atoms with Crippen LogP contribution in [0, 0.1) is 0 Å². The lowest BCUT2D eigenvalue weighted by Crippen LogP contribution is -2.41. The van der Waals surface area contributed by atoms with Crippen molar-refractivity contribution in [3.63, 3.8) is 0 Å². The van der Waals surface area contributed by atoms with E-state index in [2.05, 4.69) is 24.6 Å². The lowest BCUT2D eigenvalue weighted by Gasteiger charge is -2.17. The smallest absolute Gasteiger partial charge is 0.116 e. The van der Waals surface area contributed by atoms with E-state index in [9.17, 15) is 0 Å². The first-order valence-electron chi connectivity index (χ1n) is 4.51. The van der Waals surface area contributed by atoms with E-state index >= 15 is 0 Å². The molecule has 0 bridgehead atoms. The second-order valence-electron chi connectivity index (χ2n) is 4.03. The second-order valence-corrected chi connectivity index (χ2v) is 8.88. The van der Waals surface area contributed by atoms with Crippen molar-refractivity contribution in [2.24, 2.45) is 5.73 Å². The van der Waals surface area contributed by atoms with E-state index in [-0.39, 0.29) is 0 Å². The molecule has 0 aliphatic carbocycles. The largest absolute Gasteiger partial charge is 0.337 e. The maximum absolute atomic E-state index is 5.38. The lowest BCUT2D eigenvalue weighted by molar-refractivity contribution is 0.671. The summed E-state index contributed by atoms with van der Waals surface area (Å²) in [7, 11) is -0.999. The lowest BCUT2D eigenvalue weighted by atomic mass is 10.2. The summed E-state index contributed by atoms with van der Waals surface area (Å²) in [6.45, 7) is 9.00. The molecule has 11 heavy (non-hydrogen) atoms. The van der Waals surface area contributed by atoms with Crippen LogP contribution in [0.25, 0.3) is 0 Å². The molecule has 0 fully saturated rings. The average Bonchev–Trinajstić information content (AvgIpc) is 1.85. The SMILES string of the molecule is C[Si](C)(C)NCCCCCN. The van der Waals surface area contributed by atoms with Gasteiger partial charge >= 0.3 is 0 Å². The van der Waals surface area contributed by atoms with Gasteiger partial charge in [0.25, 0.3) is 0 Å². The first-order valence-corrected chi connectivity index (χ1v) is 8.01. The van der Waals surface area contributed by atoms with Crippen LogP contribution in [0.3, 0.4) is 0 Å². The molecule has 0 saturated heterocycles. The minimum absolute atomic E-state index is 0.840. The Bertz CT molecular complexity index is 88.6. The van der Waals surface area contributed by atoms with Crippen molar-refractivity contribution in [2.45, 2.75) is 38.9 Å². The quantitative estimate of drug-likeness (QED) is 0.473. The molecular formula is C8H22N2Si. The summed E-state index contributed by atoms with van der Waals surface area (Å²) in [6.07, 6.45) is 3.73. The first kappa shape index (κ1) is 11.1. The van der Waals surface area contributed by atoms with Gasteiger partial charge in [0.15, 0.2) is 0 Å². The molecule has 0 saturated carbocycles. The Morgan fingerprint density at radius 2 is 1.73 bits per heavy atom. The van der Waals surface area contributed by atoms with Crippen LogP contribution in [0.4, 0.5) is 0 Å². The summed E-state index contributed by atoms with van der Waals surface area (Å²) in [6, 6.07) is 0. The third-order valence-electron chi connectivity index (χ3n) is 1.54. The van der Waals surface area contributed by atoms with Gasteiger partial charge in [-0.05, 0) is 25.9 Å². The molecule has 0 radical (unpaired) electrons. The van der Waals surface area contributed by atoms with Gasteiger partial charge in [-0.25, -0.2) is 0 Å². The molecule has 0 unspecified atom stereocenters. The van der Waals surface area contributed by atoms with E-state index in [1.54, 1.807) is 0 Å². The zero-order valence-electron chi connectivity index (χ0n) is 8.11. The fourth-order valence-electron chi connectivity index (χ4n) is 0.910. The van der Waals surface area contributed by atoms with Gasteiger partial charge in [-0.1, -0.05) is 26.1 Å². The van der Waals surface area contributed by atoms with Gasteiger partial charge in [0.2, 0.25) is 0 Å². The molecule has 0 aliphatic rings. The molecule has 0 rings (SSSR count). The Morgan fingerprint density at radius 3 is 2.18 bits per heavy atom. The van der Waals surface area contributed by atoms with Crippen molar-refractivity contribution in [2.75, 3.05) is 13.1 Å². The zero-order valence-corrected chi connectivity index (χ0v) is 9.11. The molecule has 0 amide bonds. The molecule has 68 valence electrons. The van der Waals surface area contributed by atoms with Crippen molar-refractivity contribution in [1.29, 1.82) is 0 Å². The topological polar surface area (TPSA) is 38.0 Å². The maximum Gasteiger partial charge on any atom is 0.116 e. The number of rotatable bonds is 6. The van der Waals surface area contributed by atoms with Crippen LogP contribution in [0.2, 0.25) is 19.6 Å². The van der Waals surface area contributed by atoms with Gasteiger partial charge in [0.1, 0.15) is 8.24 Å².